The molecule has 0 amide bonds. The molecule has 128 valence electrons. The van der Waals surface area contributed by atoms with Crippen molar-refractivity contribution in [2.75, 3.05) is 11.5 Å². The van der Waals surface area contributed by atoms with E-state index >= 15 is 0 Å². The molecule has 0 spiro atoms. The molecule has 0 bridgehead atoms. The van der Waals surface area contributed by atoms with Crippen LogP contribution in [-0.2, 0) is 10.9 Å². The first-order valence-corrected chi connectivity index (χ1v) is 7.22. The van der Waals surface area contributed by atoms with E-state index in [1.165, 1.54) is 17.0 Å². The summed E-state index contributed by atoms with van der Waals surface area (Å²) in [5.74, 6) is -1.05. The zero-order valence-electron chi connectivity index (χ0n) is 12.3. The van der Waals surface area contributed by atoms with Gasteiger partial charge in [0.1, 0.15) is 0 Å². The molecule has 24 heavy (non-hydrogen) atoms. The van der Waals surface area contributed by atoms with Gasteiger partial charge in [-0.1, -0.05) is 0 Å². The van der Waals surface area contributed by atoms with Crippen LogP contribution in [0.1, 0.15) is 12.7 Å². The highest BCUT2D eigenvalue weighted by Crippen LogP contribution is 2.30. The number of nitrogens with zero attached hydrogens (tertiary/aromatic N) is 4. The summed E-state index contributed by atoms with van der Waals surface area (Å²) in [6.45, 7) is 2.09. The monoisotopic (exact) mass is 360 g/mol. The van der Waals surface area contributed by atoms with Crippen molar-refractivity contribution >= 4 is 39.6 Å². The molecule has 1 aliphatic heterocycles. The van der Waals surface area contributed by atoms with E-state index in [4.69, 9.17) is 22.1 Å². The Hall–Kier alpha value is -2.33. The van der Waals surface area contributed by atoms with Gasteiger partial charge in [0.15, 0.2) is 0 Å². The van der Waals surface area contributed by atoms with Crippen molar-refractivity contribution in [1.82, 2.24) is 9.97 Å². The lowest BCUT2D eigenvalue weighted by Crippen LogP contribution is -2.48. The second-order valence-corrected chi connectivity index (χ2v) is 5.14. The van der Waals surface area contributed by atoms with Gasteiger partial charge >= 0.3 is 6.18 Å². The molecule has 2 heterocycles. The molecule has 1 aromatic heterocycles. The summed E-state index contributed by atoms with van der Waals surface area (Å²) in [6.07, 6.45) is -5.42. The fourth-order valence-electron chi connectivity index (χ4n) is 2.24. The summed E-state index contributed by atoms with van der Waals surface area (Å²) in [5, 5.41) is -0.0656. The first-order chi connectivity index (χ1) is 11.3. The lowest BCUT2D eigenvalue weighted by Gasteiger charge is -2.31. The number of H-pyrrole nitrogens is 1. The van der Waals surface area contributed by atoms with Crippen molar-refractivity contribution in [2.24, 2.45) is 15.7 Å². The Morgan fingerprint density at radius 2 is 2.17 bits per heavy atom. The summed E-state index contributed by atoms with van der Waals surface area (Å²) < 4.78 is 43.7. The van der Waals surface area contributed by atoms with E-state index in [1.54, 1.807) is 13.0 Å². The van der Waals surface area contributed by atoms with Crippen LogP contribution in [0.25, 0.3) is 11.0 Å². The highest BCUT2D eigenvalue weighted by molar-refractivity contribution is 6.66. The van der Waals surface area contributed by atoms with Crippen LogP contribution in [0, 0.1) is 0 Å². The molecule has 3 N–H and O–H groups in total. The van der Waals surface area contributed by atoms with Crippen LogP contribution >= 0.6 is 11.6 Å². The summed E-state index contributed by atoms with van der Waals surface area (Å²) in [6, 6.07) is 4.44. The lowest BCUT2D eigenvalue weighted by molar-refractivity contribution is -0.144. The Labute approximate surface area is 139 Å². The van der Waals surface area contributed by atoms with Crippen molar-refractivity contribution in [3.63, 3.8) is 0 Å². The van der Waals surface area contributed by atoms with Gasteiger partial charge < -0.3 is 15.5 Å². The minimum atomic E-state index is -4.56. The van der Waals surface area contributed by atoms with Gasteiger partial charge in [0.05, 0.1) is 16.7 Å². The molecule has 1 aliphatic rings. The first kappa shape index (κ1) is 16.5. The SMILES string of the molecule is CCOC1N=C(Cl)N=C(N)N1c1ccc2nc(C(F)(F)F)[nH]c2c1. The third-order valence-electron chi connectivity index (χ3n) is 3.22. The maximum absolute atomic E-state index is 12.8. The van der Waals surface area contributed by atoms with E-state index in [-0.39, 0.29) is 22.3 Å². The van der Waals surface area contributed by atoms with Gasteiger partial charge in [0, 0.05) is 6.61 Å². The van der Waals surface area contributed by atoms with Crippen molar-refractivity contribution in [3.05, 3.63) is 24.0 Å². The third kappa shape index (κ3) is 3.02. The lowest BCUT2D eigenvalue weighted by atomic mass is 10.2. The summed E-state index contributed by atoms with van der Waals surface area (Å²) >= 11 is 5.78. The summed E-state index contributed by atoms with van der Waals surface area (Å²) in [4.78, 5) is 15.0. The van der Waals surface area contributed by atoms with Gasteiger partial charge in [-0.15, -0.1) is 0 Å². The van der Waals surface area contributed by atoms with Gasteiger partial charge in [0.2, 0.25) is 23.4 Å². The standard InChI is InChI=1S/C13H12ClF3N6O/c1-2-24-12-22-10(14)21-11(18)23(12)6-3-4-7-8(5-6)20-9(19-7)13(15,16)17/h3-5,12H,2H2,1H3,(H,19,20)(H2,18,21,22). The molecule has 1 aromatic carbocycles. The van der Waals surface area contributed by atoms with E-state index < -0.39 is 18.4 Å². The van der Waals surface area contributed by atoms with Gasteiger partial charge in [-0.25, -0.2) is 9.98 Å². The fraction of sp³-hybridized carbons (Fsp3) is 0.308. The maximum atomic E-state index is 12.8. The molecule has 0 radical (unpaired) electrons. The van der Waals surface area contributed by atoms with Crippen LogP contribution in [0.15, 0.2) is 28.2 Å². The topological polar surface area (TPSA) is 91.9 Å². The molecule has 11 heteroatoms. The summed E-state index contributed by atoms with van der Waals surface area (Å²) in [5.41, 5.74) is 6.67. The van der Waals surface area contributed by atoms with Crippen LogP contribution in [-0.4, -0.2) is 34.2 Å². The molecule has 7 nitrogen and oxygen atoms in total. The van der Waals surface area contributed by atoms with Crippen LogP contribution in [0.4, 0.5) is 18.9 Å². The van der Waals surface area contributed by atoms with Gasteiger partial charge in [-0.05, 0) is 36.7 Å². The minimum Gasteiger partial charge on any atom is -0.369 e. The number of amidine groups is 1. The number of nitrogens with two attached hydrogens (primary N) is 1. The molecule has 1 atom stereocenters. The Morgan fingerprint density at radius 3 is 2.83 bits per heavy atom. The number of rotatable bonds is 3. The third-order valence-corrected chi connectivity index (χ3v) is 3.40. The predicted octanol–water partition coefficient (Wildman–Crippen LogP) is 2.63. The maximum Gasteiger partial charge on any atom is 0.449 e. The molecule has 0 fully saturated rings. The average Bonchev–Trinajstić information content (AvgIpc) is 2.90. The number of benzene rings is 1. The Bertz CT molecular complexity index is 831. The normalized spacial score (nSPS) is 18.7. The Morgan fingerprint density at radius 1 is 1.42 bits per heavy atom. The number of alkyl halides is 3. The van der Waals surface area contributed by atoms with Crippen molar-refractivity contribution in [2.45, 2.75) is 19.5 Å². The average molecular weight is 361 g/mol. The number of imidazole rings is 1. The van der Waals surface area contributed by atoms with E-state index in [0.717, 1.165) is 0 Å². The fourth-order valence-corrected chi connectivity index (χ4v) is 2.41. The number of hydrogen-bond acceptors (Lipinski definition) is 6. The largest absolute Gasteiger partial charge is 0.449 e. The Balaban J connectivity index is 2.03. The van der Waals surface area contributed by atoms with Gasteiger partial charge in [-0.2, -0.15) is 18.2 Å². The van der Waals surface area contributed by atoms with Crippen LogP contribution < -0.4 is 10.6 Å². The smallest absolute Gasteiger partial charge is 0.369 e. The van der Waals surface area contributed by atoms with E-state index in [9.17, 15) is 13.2 Å². The number of anilines is 1. The number of fused-ring (bicyclic) bond motifs is 1. The molecule has 0 saturated heterocycles. The highest BCUT2D eigenvalue weighted by Gasteiger charge is 2.35. The van der Waals surface area contributed by atoms with E-state index in [1.807, 2.05) is 0 Å². The Kier molecular flexibility index (Phi) is 4.10. The quantitative estimate of drug-likeness (QED) is 0.823. The van der Waals surface area contributed by atoms with Gasteiger partial charge in [0.25, 0.3) is 0 Å². The van der Waals surface area contributed by atoms with Gasteiger partial charge in [-0.3, -0.25) is 4.90 Å². The number of hydrogen-bond donors (Lipinski definition) is 2. The number of guanidine groups is 1. The zero-order valence-corrected chi connectivity index (χ0v) is 13.1. The van der Waals surface area contributed by atoms with Crippen molar-refractivity contribution in [3.8, 4) is 0 Å². The number of aromatic amines is 1. The van der Waals surface area contributed by atoms with Crippen molar-refractivity contribution < 1.29 is 17.9 Å². The molecule has 0 aliphatic carbocycles. The highest BCUT2D eigenvalue weighted by atomic mass is 35.5. The van der Waals surface area contributed by atoms with Crippen LogP contribution in [0.3, 0.4) is 0 Å². The number of nitrogens with one attached hydrogen (secondary N) is 1. The molecule has 0 saturated carbocycles. The predicted molar refractivity (Wildman–Crippen MR) is 83.9 cm³/mol. The number of halogens is 4. The molecular weight excluding hydrogens is 349 g/mol. The first-order valence-electron chi connectivity index (χ1n) is 6.85. The van der Waals surface area contributed by atoms with Crippen LogP contribution in [0.5, 0.6) is 0 Å². The number of aliphatic imine (C=N–C) groups is 2. The molecule has 1 unspecified atom stereocenters. The summed E-state index contributed by atoms with van der Waals surface area (Å²) in [7, 11) is 0. The van der Waals surface area contributed by atoms with E-state index in [2.05, 4.69) is 20.0 Å². The van der Waals surface area contributed by atoms with Crippen LogP contribution in [0.2, 0.25) is 0 Å². The van der Waals surface area contributed by atoms with E-state index in [0.29, 0.717) is 12.3 Å². The molecule has 3 rings (SSSR count). The number of aromatic nitrogens is 2. The zero-order chi connectivity index (χ0) is 17.5. The molecular formula is C13H12ClF3N6O. The number of ether oxygens (including phenoxy) is 1. The minimum absolute atomic E-state index is 0.0170. The molecule has 2 aromatic rings. The van der Waals surface area contributed by atoms with Crippen molar-refractivity contribution in [1.29, 1.82) is 0 Å². The second kappa shape index (κ2) is 5.95. The second-order valence-electron chi connectivity index (χ2n) is 4.80.